The van der Waals surface area contributed by atoms with E-state index in [1.165, 1.54) is 0 Å². The van der Waals surface area contributed by atoms with Crippen LogP contribution in [0.5, 0.6) is 11.5 Å². The van der Waals surface area contributed by atoms with Gasteiger partial charge >= 0.3 is 0 Å². The molecule has 0 bridgehead atoms. The molecular formula is C12H12N2O2S. The minimum absolute atomic E-state index is 0.576. The first-order chi connectivity index (χ1) is 8.24. The molecule has 0 amide bonds. The number of methoxy groups -OCH3 is 2. The summed E-state index contributed by atoms with van der Waals surface area (Å²) >= 11 is 5.05. The van der Waals surface area contributed by atoms with Crippen LogP contribution >= 0.6 is 12.2 Å². The molecule has 2 aromatic rings. The Balaban J connectivity index is 2.59. The average molecular weight is 248 g/mol. The first-order valence-electron chi connectivity index (χ1n) is 5.01. The normalized spacial score (nSPS) is 10.0. The van der Waals surface area contributed by atoms with Gasteiger partial charge in [-0.15, -0.1) is 0 Å². The van der Waals surface area contributed by atoms with E-state index in [2.05, 4.69) is 10.2 Å². The van der Waals surface area contributed by atoms with Gasteiger partial charge in [0.2, 0.25) is 0 Å². The second-order valence-electron chi connectivity index (χ2n) is 3.40. The Morgan fingerprint density at radius 2 is 2.00 bits per heavy atom. The molecule has 88 valence electrons. The number of benzene rings is 1. The smallest absolute Gasteiger partial charge is 0.127 e. The second kappa shape index (κ2) is 4.97. The van der Waals surface area contributed by atoms with E-state index < -0.39 is 0 Å². The van der Waals surface area contributed by atoms with Crippen LogP contribution < -0.4 is 9.47 Å². The van der Waals surface area contributed by atoms with E-state index in [9.17, 15) is 0 Å². The summed E-state index contributed by atoms with van der Waals surface area (Å²) in [6.45, 7) is 0. The summed E-state index contributed by atoms with van der Waals surface area (Å²) in [6.07, 6.45) is 1.70. The number of nitrogens with one attached hydrogen (secondary N) is 1. The molecule has 17 heavy (non-hydrogen) atoms. The molecule has 0 fully saturated rings. The third-order valence-corrected chi connectivity index (χ3v) is 2.59. The molecule has 1 heterocycles. The summed E-state index contributed by atoms with van der Waals surface area (Å²) in [7, 11) is 3.25. The van der Waals surface area contributed by atoms with E-state index in [1.54, 1.807) is 20.4 Å². The summed E-state index contributed by atoms with van der Waals surface area (Å²) in [5, 5.41) is 6.67. The Morgan fingerprint density at radius 1 is 1.18 bits per heavy atom. The number of aromatic nitrogens is 2. The van der Waals surface area contributed by atoms with Gasteiger partial charge in [-0.2, -0.15) is 5.10 Å². The van der Waals surface area contributed by atoms with Crippen LogP contribution in [-0.2, 0) is 0 Å². The fourth-order valence-electron chi connectivity index (χ4n) is 1.56. The molecule has 1 aromatic heterocycles. The van der Waals surface area contributed by atoms with Crippen LogP contribution in [0.2, 0.25) is 0 Å². The Labute approximate surface area is 104 Å². The average Bonchev–Trinajstić information content (AvgIpc) is 2.38. The van der Waals surface area contributed by atoms with Crippen LogP contribution in [0.15, 0.2) is 30.5 Å². The van der Waals surface area contributed by atoms with E-state index >= 15 is 0 Å². The molecule has 5 heteroatoms. The molecule has 0 saturated heterocycles. The Bertz CT molecular complexity index is 581. The molecule has 0 radical (unpaired) electrons. The number of nitrogens with zero attached hydrogens (tertiary/aromatic N) is 1. The zero-order chi connectivity index (χ0) is 12.3. The maximum atomic E-state index is 5.31. The molecule has 0 spiro atoms. The summed E-state index contributed by atoms with van der Waals surface area (Å²) in [4.78, 5) is 0. The Hall–Kier alpha value is -1.88. The lowest BCUT2D eigenvalue weighted by Crippen LogP contribution is -1.91. The van der Waals surface area contributed by atoms with Crippen molar-refractivity contribution >= 4 is 12.2 Å². The predicted molar refractivity (Wildman–Crippen MR) is 68.0 cm³/mol. The van der Waals surface area contributed by atoms with Crippen molar-refractivity contribution in [3.8, 4) is 22.6 Å². The van der Waals surface area contributed by atoms with Gasteiger partial charge in [0.1, 0.15) is 16.1 Å². The monoisotopic (exact) mass is 248 g/mol. The fourth-order valence-corrected chi connectivity index (χ4v) is 1.74. The number of aromatic amines is 1. The topological polar surface area (TPSA) is 47.1 Å². The van der Waals surface area contributed by atoms with Crippen LogP contribution in [0, 0.1) is 4.64 Å². The minimum atomic E-state index is 0.576. The molecule has 0 atom stereocenters. The summed E-state index contributed by atoms with van der Waals surface area (Å²) in [5.74, 6) is 1.52. The van der Waals surface area contributed by atoms with Crippen LogP contribution in [0.3, 0.4) is 0 Å². The molecule has 0 unspecified atom stereocenters. The molecule has 1 aromatic carbocycles. The third-order valence-electron chi connectivity index (χ3n) is 2.38. The number of ether oxygens (including phenoxy) is 2. The van der Waals surface area contributed by atoms with E-state index in [-0.39, 0.29) is 0 Å². The van der Waals surface area contributed by atoms with Gasteiger partial charge in [-0.25, -0.2) is 0 Å². The zero-order valence-electron chi connectivity index (χ0n) is 9.56. The van der Waals surface area contributed by atoms with Crippen molar-refractivity contribution in [2.24, 2.45) is 0 Å². The number of rotatable bonds is 3. The SMILES string of the molecule is COc1ccc(OC)c(-c2cn[nH]c(=S)c2)c1. The maximum Gasteiger partial charge on any atom is 0.127 e. The van der Waals surface area contributed by atoms with Crippen LogP contribution in [0.4, 0.5) is 0 Å². The van der Waals surface area contributed by atoms with E-state index in [4.69, 9.17) is 21.7 Å². The highest BCUT2D eigenvalue weighted by molar-refractivity contribution is 7.71. The van der Waals surface area contributed by atoms with Gasteiger partial charge in [0.25, 0.3) is 0 Å². The Morgan fingerprint density at radius 3 is 2.65 bits per heavy atom. The lowest BCUT2D eigenvalue weighted by Gasteiger charge is -2.10. The van der Waals surface area contributed by atoms with Crippen molar-refractivity contribution in [1.82, 2.24) is 10.2 Å². The largest absolute Gasteiger partial charge is 0.497 e. The lowest BCUT2D eigenvalue weighted by molar-refractivity contribution is 0.404. The first kappa shape index (κ1) is 11.6. The van der Waals surface area contributed by atoms with Crippen LogP contribution in [0.1, 0.15) is 0 Å². The zero-order valence-corrected chi connectivity index (χ0v) is 10.4. The molecule has 0 saturated carbocycles. The van der Waals surface area contributed by atoms with Crippen molar-refractivity contribution in [1.29, 1.82) is 0 Å². The van der Waals surface area contributed by atoms with Gasteiger partial charge in [-0.1, -0.05) is 12.2 Å². The number of hydrogen-bond acceptors (Lipinski definition) is 4. The van der Waals surface area contributed by atoms with Crippen molar-refractivity contribution in [3.05, 3.63) is 35.1 Å². The van der Waals surface area contributed by atoms with Gasteiger partial charge < -0.3 is 9.47 Å². The molecule has 2 rings (SSSR count). The molecule has 4 nitrogen and oxygen atoms in total. The minimum Gasteiger partial charge on any atom is -0.497 e. The maximum absolute atomic E-state index is 5.31. The Kier molecular flexibility index (Phi) is 3.39. The van der Waals surface area contributed by atoms with E-state index in [0.717, 1.165) is 22.6 Å². The quantitative estimate of drug-likeness (QED) is 0.848. The molecule has 0 aliphatic rings. The summed E-state index contributed by atoms with van der Waals surface area (Å²) < 4.78 is 11.1. The fraction of sp³-hybridized carbons (Fsp3) is 0.167. The highest BCUT2D eigenvalue weighted by atomic mass is 32.1. The third kappa shape index (κ3) is 2.45. The summed E-state index contributed by atoms with van der Waals surface area (Å²) in [5.41, 5.74) is 1.80. The van der Waals surface area contributed by atoms with Crippen molar-refractivity contribution < 1.29 is 9.47 Å². The number of hydrogen-bond donors (Lipinski definition) is 1. The van der Waals surface area contributed by atoms with Gasteiger partial charge in [-0.3, -0.25) is 5.10 Å². The van der Waals surface area contributed by atoms with Crippen molar-refractivity contribution in [2.75, 3.05) is 14.2 Å². The van der Waals surface area contributed by atoms with Crippen molar-refractivity contribution in [2.45, 2.75) is 0 Å². The van der Waals surface area contributed by atoms with E-state index in [0.29, 0.717) is 4.64 Å². The standard InChI is InChI=1S/C12H12N2O2S/c1-15-9-3-4-11(16-2)10(6-9)8-5-12(17)14-13-7-8/h3-7H,1-2H3,(H,14,17). The second-order valence-corrected chi connectivity index (χ2v) is 3.84. The number of H-pyrrole nitrogens is 1. The van der Waals surface area contributed by atoms with E-state index in [1.807, 2.05) is 24.3 Å². The van der Waals surface area contributed by atoms with Gasteiger partial charge in [0, 0.05) is 11.1 Å². The first-order valence-corrected chi connectivity index (χ1v) is 5.42. The molecule has 1 N–H and O–H groups in total. The van der Waals surface area contributed by atoms with Crippen LogP contribution in [0.25, 0.3) is 11.1 Å². The molecule has 0 aliphatic heterocycles. The molecule has 0 aliphatic carbocycles. The highest BCUT2D eigenvalue weighted by Gasteiger charge is 2.07. The lowest BCUT2D eigenvalue weighted by atomic mass is 10.1. The molecular weight excluding hydrogens is 236 g/mol. The predicted octanol–water partition coefficient (Wildman–Crippen LogP) is 2.82. The van der Waals surface area contributed by atoms with Gasteiger partial charge in [0.05, 0.1) is 20.4 Å². The van der Waals surface area contributed by atoms with Gasteiger partial charge in [0.15, 0.2) is 0 Å². The summed E-state index contributed by atoms with van der Waals surface area (Å²) in [6, 6.07) is 7.43. The van der Waals surface area contributed by atoms with Crippen molar-refractivity contribution in [3.63, 3.8) is 0 Å². The van der Waals surface area contributed by atoms with Crippen LogP contribution in [-0.4, -0.2) is 24.4 Å². The van der Waals surface area contributed by atoms with Gasteiger partial charge in [-0.05, 0) is 24.3 Å². The highest BCUT2D eigenvalue weighted by Crippen LogP contribution is 2.32.